The third kappa shape index (κ3) is 4.62. The zero-order valence-corrected chi connectivity index (χ0v) is 13.4. The number of aromatic nitrogens is 2. The lowest BCUT2D eigenvalue weighted by molar-refractivity contribution is 0.0923. The van der Waals surface area contributed by atoms with Crippen LogP contribution in [0.4, 0.5) is 4.79 Å². The molecule has 0 aliphatic carbocycles. The predicted molar refractivity (Wildman–Crippen MR) is 79.8 cm³/mol. The normalized spacial score (nSPS) is 16.1. The molecule has 0 radical (unpaired) electrons. The first-order valence-corrected chi connectivity index (χ1v) is 8.95. The molecular weight excluding hydrogens is 324 g/mol. The van der Waals surface area contributed by atoms with Crippen molar-refractivity contribution in [2.45, 2.75) is 18.0 Å². The molecule has 9 nitrogen and oxygen atoms in total. The molecule has 0 unspecified atom stereocenters. The van der Waals surface area contributed by atoms with Crippen molar-refractivity contribution in [3.8, 4) is 0 Å². The van der Waals surface area contributed by atoms with Crippen molar-refractivity contribution in [3.05, 3.63) is 18.0 Å². The van der Waals surface area contributed by atoms with E-state index in [9.17, 15) is 18.0 Å². The van der Waals surface area contributed by atoms with Crippen LogP contribution in [0, 0.1) is 5.92 Å². The maximum atomic E-state index is 12.0. The number of amides is 2. The highest BCUT2D eigenvalue weighted by molar-refractivity contribution is 7.90. The number of carbonyl (C=O) groups excluding carboxylic acids is 1. The minimum absolute atomic E-state index is 0.0107. The molecule has 126 valence electrons. The van der Waals surface area contributed by atoms with Crippen LogP contribution >= 0.6 is 0 Å². The summed E-state index contributed by atoms with van der Waals surface area (Å²) < 4.78 is 22.8. The van der Waals surface area contributed by atoms with Crippen LogP contribution in [0.2, 0.25) is 0 Å². The zero-order valence-electron chi connectivity index (χ0n) is 12.6. The van der Waals surface area contributed by atoms with Crippen molar-refractivity contribution in [2.24, 2.45) is 5.92 Å². The third-order valence-electron chi connectivity index (χ3n) is 3.63. The summed E-state index contributed by atoms with van der Waals surface area (Å²) >= 11 is 0. The second kappa shape index (κ2) is 6.90. The molecule has 1 saturated heterocycles. The summed E-state index contributed by atoms with van der Waals surface area (Å²) in [6.07, 6.45) is 2.61. The highest BCUT2D eigenvalue weighted by atomic mass is 32.2. The van der Waals surface area contributed by atoms with Gasteiger partial charge in [-0.1, -0.05) is 0 Å². The van der Waals surface area contributed by atoms with E-state index in [-0.39, 0.29) is 16.8 Å². The first kappa shape index (κ1) is 17.1. The molecule has 1 aliphatic heterocycles. The Balaban J connectivity index is 1.90. The number of carboxylic acid groups (broad SMARTS) is 1. The van der Waals surface area contributed by atoms with Crippen molar-refractivity contribution < 1.29 is 23.1 Å². The summed E-state index contributed by atoms with van der Waals surface area (Å²) in [6.45, 7) is 1.29. The molecule has 1 aromatic heterocycles. The minimum Gasteiger partial charge on any atom is -0.465 e. The third-order valence-corrected chi connectivity index (χ3v) is 4.49. The highest BCUT2D eigenvalue weighted by Crippen LogP contribution is 2.16. The first-order valence-electron chi connectivity index (χ1n) is 7.06. The van der Waals surface area contributed by atoms with Crippen LogP contribution in [0.1, 0.15) is 23.3 Å². The highest BCUT2D eigenvalue weighted by Gasteiger charge is 2.23. The Labute approximate surface area is 133 Å². The number of carbonyl (C=O) groups is 2. The molecule has 2 amide bonds. The fourth-order valence-corrected chi connectivity index (χ4v) is 2.82. The van der Waals surface area contributed by atoms with Crippen LogP contribution in [0.3, 0.4) is 0 Å². The lowest BCUT2D eigenvalue weighted by Gasteiger charge is -2.29. The van der Waals surface area contributed by atoms with Gasteiger partial charge in [-0.15, -0.1) is 0 Å². The monoisotopic (exact) mass is 342 g/mol. The van der Waals surface area contributed by atoms with Crippen LogP contribution in [-0.4, -0.2) is 66.3 Å². The number of likely N-dealkylation sites (tertiary alicyclic amines) is 1. The Morgan fingerprint density at radius 3 is 2.61 bits per heavy atom. The van der Waals surface area contributed by atoms with Gasteiger partial charge in [-0.3, -0.25) is 4.79 Å². The average Bonchev–Trinajstić information content (AvgIpc) is 2.52. The lowest BCUT2D eigenvalue weighted by atomic mass is 9.97. The number of nitrogens with zero attached hydrogens (tertiary/aromatic N) is 3. The van der Waals surface area contributed by atoms with E-state index in [0.29, 0.717) is 32.5 Å². The van der Waals surface area contributed by atoms with E-state index in [2.05, 4.69) is 15.3 Å². The molecule has 0 aromatic carbocycles. The molecule has 1 fully saturated rings. The lowest BCUT2D eigenvalue weighted by Crippen LogP contribution is -2.41. The van der Waals surface area contributed by atoms with Gasteiger partial charge in [0.2, 0.25) is 15.0 Å². The van der Waals surface area contributed by atoms with E-state index in [4.69, 9.17) is 5.11 Å². The van der Waals surface area contributed by atoms with Crippen molar-refractivity contribution >= 4 is 21.8 Å². The maximum absolute atomic E-state index is 12.0. The Kier molecular flexibility index (Phi) is 5.14. The minimum atomic E-state index is -3.57. The SMILES string of the molecule is CS(=O)(=O)c1nccc(C(=O)NCC2CCN(C(=O)O)CC2)n1. The largest absolute Gasteiger partial charge is 0.465 e. The number of hydrogen-bond donors (Lipinski definition) is 2. The van der Waals surface area contributed by atoms with Gasteiger partial charge < -0.3 is 15.3 Å². The van der Waals surface area contributed by atoms with Gasteiger partial charge in [0.15, 0.2) is 0 Å². The smallest absolute Gasteiger partial charge is 0.407 e. The molecule has 0 atom stereocenters. The van der Waals surface area contributed by atoms with E-state index in [1.807, 2.05) is 0 Å². The molecule has 0 bridgehead atoms. The Hall–Kier alpha value is -2.23. The molecule has 2 heterocycles. The second-order valence-electron chi connectivity index (χ2n) is 5.42. The molecule has 2 rings (SSSR count). The van der Waals surface area contributed by atoms with Gasteiger partial charge in [0.25, 0.3) is 5.91 Å². The van der Waals surface area contributed by atoms with Crippen LogP contribution in [-0.2, 0) is 9.84 Å². The molecule has 10 heteroatoms. The van der Waals surface area contributed by atoms with Crippen LogP contribution < -0.4 is 5.32 Å². The Morgan fingerprint density at radius 1 is 1.39 bits per heavy atom. The number of rotatable bonds is 4. The number of hydrogen-bond acceptors (Lipinski definition) is 6. The van der Waals surface area contributed by atoms with E-state index < -0.39 is 21.8 Å². The van der Waals surface area contributed by atoms with Crippen molar-refractivity contribution in [2.75, 3.05) is 25.9 Å². The Morgan fingerprint density at radius 2 is 2.04 bits per heavy atom. The maximum Gasteiger partial charge on any atom is 0.407 e. The second-order valence-corrected chi connectivity index (χ2v) is 7.33. The van der Waals surface area contributed by atoms with E-state index >= 15 is 0 Å². The molecule has 0 saturated carbocycles. The topological polar surface area (TPSA) is 130 Å². The van der Waals surface area contributed by atoms with E-state index in [1.165, 1.54) is 17.2 Å². The number of piperidine rings is 1. The van der Waals surface area contributed by atoms with Gasteiger partial charge in [-0.05, 0) is 24.8 Å². The van der Waals surface area contributed by atoms with Crippen molar-refractivity contribution in [1.82, 2.24) is 20.2 Å². The summed E-state index contributed by atoms with van der Waals surface area (Å²) in [6, 6.07) is 1.34. The standard InChI is InChI=1S/C13H18N4O5S/c1-23(21,22)12-14-5-2-10(16-12)11(18)15-8-9-3-6-17(7-4-9)13(19)20/h2,5,9H,3-4,6-8H2,1H3,(H,15,18)(H,19,20). The predicted octanol–water partition coefficient (Wildman–Crippen LogP) is -0.0001000. The van der Waals surface area contributed by atoms with Gasteiger partial charge >= 0.3 is 6.09 Å². The first-order chi connectivity index (χ1) is 10.8. The summed E-state index contributed by atoms with van der Waals surface area (Å²) in [7, 11) is -3.57. The van der Waals surface area contributed by atoms with Crippen LogP contribution in [0.15, 0.2) is 17.4 Å². The van der Waals surface area contributed by atoms with Crippen molar-refractivity contribution in [3.63, 3.8) is 0 Å². The quantitative estimate of drug-likeness (QED) is 0.737. The van der Waals surface area contributed by atoms with E-state index in [0.717, 1.165) is 6.26 Å². The zero-order chi connectivity index (χ0) is 17.0. The molecular formula is C13H18N4O5S. The summed E-state index contributed by atoms with van der Waals surface area (Å²) in [5, 5.41) is 11.2. The summed E-state index contributed by atoms with van der Waals surface area (Å²) in [5.74, 6) is -0.288. The van der Waals surface area contributed by atoms with Gasteiger partial charge in [0, 0.05) is 32.1 Å². The molecule has 1 aromatic rings. The molecule has 2 N–H and O–H groups in total. The molecule has 1 aliphatic rings. The average molecular weight is 342 g/mol. The van der Waals surface area contributed by atoms with Gasteiger partial charge in [-0.2, -0.15) is 0 Å². The molecule has 0 spiro atoms. The fraction of sp³-hybridized carbons (Fsp3) is 0.538. The van der Waals surface area contributed by atoms with Gasteiger partial charge in [0.05, 0.1) is 0 Å². The number of nitrogens with one attached hydrogen (secondary N) is 1. The number of sulfone groups is 1. The summed E-state index contributed by atoms with van der Waals surface area (Å²) in [5.41, 5.74) is -0.0107. The van der Waals surface area contributed by atoms with Crippen molar-refractivity contribution in [1.29, 1.82) is 0 Å². The van der Waals surface area contributed by atoms with Gasteiger partial charge in [-0.25, -0.2) is 23.2 Å². The molecule has 23 heavy (non-hydrogen) atoms. The Bertz CT molecular complexity index is 698. The fourth-order valence-electron chi connectivity index (χ4n) is 2.30. The van der Waals surface area contributed by atoms with Crippen LogP contribution in [0.5, 0.6) is 0 Å². The van der Waals surface area contributed by atoms with Crippen LogP contribution in [0.25, 0.3) is 0 Å². The van der Waals surface area contributed by atoms with E-state index in [1.54, 1.807) is 0 Å². The van der Waals surface area contributed by atoms with Gasteiger partial charge in [0.1, 0.15) is 5.69 Å². The summed E-state index contributed by atoms with van der Waals surface area (Å²) in [4.78, 5) is 31.6.